The Morgan fingerprint density at radius 2 is 1.81 bits per heavy atom. The third-order valence-corrected chi connectivity index (χ3v) is 5.05. The summed E-state index contributed by atoms with van der Waals surface area (Å²) in [5, 5.41) is 5.06. The van der Waals surface area contributed by atoms with Crippen LogP contribution in [-0.4, -0.2) is 52.8 Å². The van der Waals surface area contributed by atoms with Gasteiger partial charge < -0.3 is 24.4 Å². The monoisotopic (exact) mass is 378 g/mol. The van der Waals surface area contributed by atoms with Crippen molar-refractivity contribution in [1.29, 1.82) is 0 Å². The van der Waals surface area contributed by atoms with Crippen molar-refractivity contribution in [3.05, 3.63) is 40.1 Å². The topological polar surface area (TPSA) is 60.0 Å². The summed E-state index contributed by atoms with van der Waals surface area (Å²) in [5.41, 5.74) is 0.800. The number of benzene rings is 1. The van der Waals surface area contributed by atoms with E-state index in [9.17, 15) is 4.79 Å². The van der Waals surface area contributed by atoms with Gasteiger partial charge in [-0.1, -0.05) is 6.07 Å². The Labute approximate surface area is 158 Å². The van der Waals surface area contributed by atoms with Gasteiger partial charge in [0.05, 0.1) is 33.8 Å². The second-order valence-electron chi connectivity index (χ2n) is 6.01. The van der Waals surface area contributed by atoms with Gasteiger partial charge in [-0.25, -0.2) is 0 Å². The Balaban J connectivity index is 2.05. The third kappa shape index (κ3) is 4.89. The van der Waals surface area contributed by atoms with E-state index in [1.54, 1.807) is 44.8 Å². The van der Waals surface area contributed by atoms with Crippen molar-refractivity contribution in [1.82, 2.24) is 10.2 Å². The van der Waals surface area contributed by atoms with Gasteiger partial charge in [0.2, 0.25) is 11.7 Å². The molecule has 6 nitrogen and oxygen atoms in total. The number of hydrogen-bond acceptors (Lipinski definition) is 6. The van der Waals surface area contributed by atoms with Crippen LogP contribution in [0.1, 0.15) is 16.5 Å². The predicted molar refractivity (Wildman–Crippen MR) is 104 cm³/mol. The molecule has 1 amide bonds. The first-order valence-corrected chi connectivity index (χ1v) is 9.13. The maximum atomic E-state index is 12.4. The van der Waals surface area contributed by atoms with Crippen LogP contribution in [-0.2, 0) is 11.2 Å². The smallest absolute Gasteiger partial charge is 0.224 e. The summed E-state index contributed by atoms with van der Waals surface area (Å²) in [4.78, 5) is 15.8. The highest BCUT2D eigenvalue weighted by molar-refractivity contribution is 7.10. The molecule has 0 saturated carbocycles. The number of methoxy groups -OCH3 is 3. The van der Waals surface area contributed by atoms with Crippen molar-refractivity contribution in [2.24, 2.45) is 0 Å². The highest BCUT2D eigenvalue weighted by Gasteiger charge is 2.18. The lowest BCUT2D eigenvalue weighted by Gasteiger charge is -2.23. The van der Waals surface area contributed by atoms with Crippen LogP contribution in [0.15, 0.2) is 29.6 Å². The zero-order chi connectivity index (χ0) is 19.1. The van der Waals surface area contributed by atoms with Crippen molar-refractivity contribution >= 4 is 17.2 Å². The molecule has 1 N–H and O–H groups in total. The quantitative estimate of drug-likeness (QED) is 0.727. The first-order chi connectivity index (χ1) is 12.5. The number of nitrogens with zero attached hydrogens (tertiary/aromatic N) is 1. The van der Waals surface area contributed by atoms with E-state index in [4.69, 9.17) is 14.2 Å². The van der Waals surface area contributed by atoms with Crippen molar-refractivity contribution in [3.63, 3.8) is 0 Å². The molecule has 0 aliphatic heterocycles. The molecule has 0 unspecified atom stereocenters. The Morgan fingerprint density at radius 1 is 1.15 bits per heavy atom. The van der Waals surface area contributed by atoms with E-state index in [1.807, 2.05) is 25.5 Å². The van der Waals surface area contributed by atoms with Crippen molar-refractivity contribution in [2.45, 2.75) is 12.5 Å². The van der Waals surface area contributed by atoms with E-state index in [-0.39, 0.29) is 18.4 Å². The van der Waals surface area contributed by atoms with Crippen LogP contribution in [0.2, 0.25) is 0 Å². The number of rotatable bonds is 9. The zero-order valence-electron chi connectivity index (χ0n) is 15.9. The molecule has 0 radical (unpaired) electrons. The largest absolute Gasteiger partial charge is 0.493 e. The van der Waals surface area contributed by atoms with Crippen LogP contribution in [0.4, 0.5) is 0 Å². The van der Waals surface area contributed by atoms with E-state index >= 15 is 0 Å². The minimum atomic E-state index is -0.0531. The molecule has 1 atom stereocenters. The normalized spacial score (nSPS) is 11.9. The number of likely N-dealkylation sites (N-methyl/N-ethyl adjacent to an activating group) is 1. The molecule has 7 heteroatoms. The van der Waals surface area contributed by atoms with Crippen molar-refractivity contribution < 1.29 is 19.0 Å². The number of carbonyl (C=O) groups is 1. The second kappa shape index (κ2) is 9.45. The average Bonchev–Trinajstić information content (AvgIpc) is 3.14. The molecule has 1 heterocycles. The molecule has 0 bridgehead atoms. The molecule has 0 saturated heterocycles. The summed E-state index contributed by atoms with van der Waals surface area (Å²) in [6, 6.07) is 7.85. The van der Waals surface area contributed by atoms with Crippen LogP contribution in [0.5, 0.6) is 17.2 Å². The molecular formula is C19H26N2O4S. The minimum absolute atomic E-state index is 0.0531. The highest BCUT2D eigenvalue weighted by atomic mass is 32.1. The van der Waals surface area contributed by atoms with Crippen molar-refractivity contribution in [3.8, 4) is 17.2 Å². The van der Waals surface area contributed by atoms with E-state index in [2.05, 4.69) is 16.3 Å². The molecule has 1 aromatic heterocycles. The fourth-order valence-electron chi connectivity index (χ4n) is 2.71. The van der Waals surface area contributed by atoms with Crippen LogP contribution in [0.3, 0.4) is 0 Å². The minimum Gasteiger partial charge on any atom is -0.493 e. The first-order valence-electron chi connectivity index (χ1n) is 8.25. The summed E-state index contributed by atoms with van der Waals surface area (Å²) < 4.78 is 16.0. The summed E-state index contributed by atoms with van der Waals surface area (Å²) in [6.07, 6.45) is 0.237. The number of ether oxygens (including phenoxy) is 3. The van der Waals surface area contributed by atoms with Gasteiger partial charge in [-0.3, -0.25) is 4.79 Å². The Bertz CT molecular complexity index is 691. The number of carbonyl (C=O) groups excluding carboxylic acids is 1. The molecule has 1 aromatic carbocycles. The van der Waals surface area contributed by atoms with Gasteiger partial charge in [0, 0.05) is 11.4 Å². The molecule has 0 aliphatic rings. The van der Waals surface area contributed by atoms with Crippen LogP contribution < -0.4 is 19.5 Å². The average molecular weight is 378 g/mol. The van der Waals surface area contributed by atoms with Crippen LogP contribution in [0, 0.1) is 0 Å². The lowest BCUT2D eigenvalue weighted by atomic mass is 10.1. The number of amides is 1. The van der Waals surface area contributed by atoms with Gasteiger partial charge in [0.15, 0.2) is 11.5 Å². The standard InChI is InChI=1S/C19H26N2O4S/c1-21(2)14(17-7-6-8-26-17)12-20-18(22)11-13-9-15(23-3)19(25-5)16(10-13)24-4/h6-10,14H,11-12H2,1-5H3,(H,20,22)/t14-/m0/s1. The predicted octanol–water partition coefficient (Wildman–Crippen LogP) is 2.74. The van der Waals surface area contributed by atoms with Crippen molar-refractivity contribution in [2.75, 3.05) is 42.0 Å². The number of nitrogens with one attached hydrogen (secondary N) is 1. The van der Waals surface area contributed by atoms with E-state index in [0.717, 1.165) is 5.56 Å². The van der Waals surface area contributed by atoms with Gasteiger partial charge in [0.25, 0.3) is 0 Å². The van der Waals surface area contributed by atoms with E-state index in [0.29, 0.717) is 23.8 Å². The maximum absolute atomic E-state index is 12.4. The Hall–Kier alpha value is -2.25. The molecular weight excluding hydrogens is 352 g/mol. The van der Waals surface area contributed by atoms with E-state index in [1.165, 1.54) is 4.88 Å². The second-order valence-corrected chi connectivity index (χ2v) is 6.99. The summed E-state index contributed by atoms with van der Waals surface area (Å²) >= 11 is 1.69. The summed E-state index contributed by atoms with van der Waals surface area (Å²) in [7, 11) is 8.69. The number of thiophene rings is 1. The van der Waals surface area contributed by atoms with Gasteiger partial charge >= 0.3 is 0 Å². The lowest BCUT2D eigenvalue weighted by molar-refractivity contribution is -0.120. The first kappa shape index (κ1) is 20.1. The summed E-state index contributed by atoms with van der Waals surface area (Å²) in [5.74, 6) is 1.55. The zero-order valence-corrected chi connectivity index (χ0v) is 16.7. The molecule has 26 heavy (non-hydrogen) atoms. The van der Waals surface area contributed by atoms with Gasteiger partial charge in [-0.2, -0.15) is 0 Å². The van der Waals surface area contributed by atoms with Crippen LogP contribution >= 0.6 is 11.3 Å². The molecule has 0 aliphatic carbocycles. The van der Waals surface area contributed by atoms with Gasteiger partial charge in [-0.15, -0.1) is 11.3 Å². The van der Waals surface area contributed by atoms with Crippen LogP contribution in [0.25, 0.3) is 0 Å². The molecule has 0 fully saturated rings. The fourth-order valence-corrected chi connectivity index (χ4v) is 3.64. The number of hydrogen-bond donors (Lipinski definition) is 1. The lowest BCUT2D eigenvalue weighted by Crippen LogP contribution is -2.34. The van der Waals surface area contributed by atoms with Gasteiger partial charge in [-0.05, 0) is 43.2 Å². The maximum Gasteiger partial charge on any atom is 0.224 e. The summed E-state index contributed by atoms with van der Waals surface area (Å²) in [6.45, 7) is 0.552. The third-order valence-electron chi connectivity index (χ3n) is 4.08. The fraction of sp³-hybridized carbons (Fsp3) is 0.421. The Morgan fingerprint density at radius 3 is 2.27 bits per heavy atom. The molecule has 2 rings (SSSR count). The Kier molecular flexibility index (Phi) is 7.29. The van der Waals surface area contributed by atoms with Gasteiger partial charge in [0.1, 0.15) is 0 Å². The molecule has 142 valence electrons. The molecule has 2 aromatic rings. The highest BCUT2D eigenvalue weighted by Crippen LogP contribution is 2.38. The molecule has 0 spiro atoms. The SMILES string of the molecule is COc1cc(CC(=O)NC[C@@H](c2cccs2)N(C)C)cc(OC)c1OC. The van der Waals surface area contributed by atoms with E-state index < -0.39 is 0 Å².